The maximum absolute atomic E-state index is 14.0. The third-order valence-electron chi connectivity index (χ3n) is 6.76. The summed E-state index contributed by atoms with van der Waals surface area (Å²) in [6.07, 6.45) is 4.56. The molecule has 1 saturated heterocycles. The standard InChI is InChI=1S/C26H43N4O6PS/c1-25(2,3)14-15-30(32)18-20(24(31)29(30)26(4,5)6)23-27-21-13-12-19(17-22(21)37(33,34)28-23)11-9-8-10-16-38(7,35)36/h12-13,17,27H,8-11,14-16,18H2,1-7H3,(H2,28,33,34). The van der Waals surface area contributed by atoms with E-state index in [9.17, 15) is 27.9 Å². The van der Waals surface area contributed by atoms with Crippen LogP contribution in [0.3, 0.4) is 0 Å². The molecule has 0 saturated carbocycles. The van der Waals surface area contributed by atoms with Gasteiger partial charge in [0.25, 0.3) is 0 Å². The van der Waals surface area contributed by atoms with E-state index in [1.807, 2.05) is 47.6 Å². The topological polar surface area (TPSA) is 139 Å². The molecule has 2 aliphatic heterocycles. The highest BCUT2D eigenvalue weighted by Gasteiger charge is 2.51. The van der Waals surface area contributed by atoms with E-state index >= 15 is 0 Å². The molecular formula is C26H43N4O6PS. The van der Waals surface area contributed by atoms with E-state index in [1.165, 1.54) is 11.3 Å². The second-order valence-electron chi connectivity index (χ2n) is 12.8. The first-order valence-corrected chi connectivity index (χ1v) is 16.8. The SMILES string of the molecule is CC(C)(C)CC[N+]1([O-])CC(=C2Nc3ccc(CCCCCS(C)(=O)=O)cc3P(=O)(O)N2)C(=O)N1C(C)(C)C. The number of fused-ring (bicyclic) bond motifs is 1. The predicted octanol–water partition coefficient (Wildman–Crippen LogP) is 3.79. The van der Waals surface area contributed by atoms with Crippen LogP contribution in [0.1, 0.15) is 72.8 Å². The molecule has 3 rings (SSSR count). The minimum atomic E-state index is -4.08. The normalized spacial score (nSPS) is 26.2. The molecule has 38 heavy (non-hydrogen) atoms. The van der Waals surface area contributed by atoms with Gasteiger partial charge < -0.3 is 15.4 Å². The summed E-state index contributed by atoms with van der Waals surface area (Å²) in [7, 11) is -7.06. The van der Waals surface area contributed by atoms with Crippen LogP contribution < -0.4 is 15.7 Å². The lowest BCUT2D eigenvalue weighted by molar-refractivity contribution is -0.977. The van der Waals surface area contributed by atoms with Crippen LogP contribution in [0.5, 0.6) is 0 Å². The van der Waals surface area contributed by atoms with Crippen LogP contribution in [-0.2, 0) is 25.6 Å². The minimum Gasteiger partial charge on any atom is -0.606 e. The first-order valence-electron chi connectivity index (χ1n) is 13.1. The number of quaternary nitrogens is 1. The van der Waals surface area contributed by atoms with Gasteiger partial charge in [-0.2, -0.15) is 5.01 Å². The van der Waals surface area contributed by atoms with Gasteiger partial charge in [0.15, 0.2) is 0 Å². The number of amides is 1. The predicted molar refractivity (Wildman–Crippen MR) is 151 cm³/mol. The van der Waals surface area contributed by atoms with E-state index in [0.717, 1.165) is 18.4 Å². The quantitative estimate of drug-likeness (QED) is 0.141. The summed E-state index contributed by atoms with van der Waals surface area (Å²) in [5.41, 5.74) is 0.609. The van der Waals surface area contributed by atoms with Gasteiger partial charge in [-0.05, 0) is 63.1 Å². The molecular weight excluding hydrogens is 527 g/mol. The summed E-state index contributed by atoms with van der Waals surface area (Å²) in [4.78, 5) is 24.5. The molecule has 12 heteroatoms. The maximum atomic E-state index is 14.0. The first-order chi connectivity index (χ1) is 17.2. The van der Waals surface area contributed by atoms with Crippen molar-refractivity contribution in [2.24, 2.45) is 5.41 Å². The number of carbonyl (C=O) groups excluding carboxylic acids is 1. The summed E-state index contributed by atoms with van der Waals surface area (Å²) >= 11 is 0. The number of aryl methyl sites for hydroxylation is 1. The van der Waals surface area contributed by atoms with Crippen LogP contribution in [0, 0.1) is 10.6 Å². The van der Waals surface area contributed by atoms with Gasteiger partial charge in [-0.15, -0.1) is 0 Å². The average Bonchev–Trinajstić information content (AvgIpc) is 3.02. The number of nitrogens with zero attached hydrogens (tertiary/aromatic N) is 2. The second kappa shape index (κ2) is 10.6. The third kappa shape index (κ3) is 7.39. The Hall–Kier alpha value is -1.91. The van der Waals surface area contributed by atoms with Gasteiger partial charge >= 0.3 is 13.4 Å². The zero-order chi connectivity index (χ0) is 28.7. The number of sulfone groups is 1. The van der Waals surface area contributed by atoms with E-state index in [4.69, 9.17) is 0 Å². The molecule has 0 spiro atoms. The van der Waals surface area contributed by atoms with Crippen molar-refractivity contribution in [2.45, 2.75) is 79.2 Å². The summed E-state index contributed by atoms with van der Waals surface area (Å²) in [6, 6.07) is 5.24. The van der Waals surface area contributed by atoms with E-state index < -0.39 is 33.6 Å². The molecule has 10 nitrogen and oxygen atoms in total. The van der Waals surface area contributed by atoms with Crippen LogP contribution in [0.25, 0.3) is 0 Å². The van der Waals surface area contributed by atoms with Crippen molar-refractivity contribution in [3.05, 3.63) is 40.4 Å². The molecule has 1 aromatic carbocycles. The molecule has 214 valence electrons. The lowest BCUT2D eigenvalue weighted by Crippen LogP contribution is -2.60. The number of carbonyl (C=O) groups is 1. The summed E-state index contributed by atoms with van der Waals surface area (Å²) in [6.45, 7) is 11.7. The minimum absolute atomic E-state index is 0.0926. The molecule has 2 heterocycles. The monoisotopic (exact) mass is 570 g/mol. The molecule has 2 aliphatic rings. The van der Waals surface area contributed by atoms with Crippen molar-refractivity contribution in [2.75, 3.05) is 30.4 Å². The van der Waals surface area contributed by atoms with E-state index in [2.05, 4.69) is 10.4 Å². The van der Waals surface area contributed by atoms with Crippen molar-refractivity contribution < 1.29 is 27.4 Å². The number of benzene rings is 1. The first kappa shape index (κ1) is 30.6. The summed E-state index contributed by atoms with van der Waals surface area (Å²) < 4.78 is 35.1. The number of anilines is 1. The Kier molecular flexibility index (Phi) is 8.53. The van der Waals surface area contributed by atoms with Crippen molar-refractivity contribution >= 4 is 34.3 Å². The maximum Gasteiger partial charge on any atom is 0.324 e. The number of unbranched alkanes of at least 4 members (excludes halogenated alkanes) is 2. The molecule has 0 bridgehead atoms. The lowest BCUT2D eigenvalue weighted by Gasteiger charge is -2.49. The highest BCUT2D eigenvalue weighted by Crippen LogP contribution is 2.44. The van der Waals surface area contributed by atoms with Crippen molar-refractivity contribution in [3.8, 4) is 0 Å². The van der Waals surface area contributed by atoms with Crippen LogP contribution in [-0.4, -0.2) is 59.6 Å². The lowest BCUT2D eigenvalue weighted by atomic mass is 9.92. The molecule has 1 amide bonds. The molecule has 1 fully saturated rings. The van der Waals surface area contributed by atoms with Gasteiger partial charge in [-0.1, -0.05) is 33.3 Å². The van der Waals surface area contributed by atoms with E-state index in [-0.39, 0.29) is 41.0 Å². The smallest absolute Gasteiger partial charge is 0.324 e. The zero-order valence-corrected chi connectivity index (χ0v) is 25.3. The largest absolute Gasteiger partial charge is 0.606 e. The molecule has 0 aromatic heterocycles. The van der Waals surface area contributed by atoms with Gasteiger partial charge in [0.05, 0.1) is 16.5 Å². The number of rotatable bonds is 8. The Morgan fingerprint density at radius 1 is 1.13 bits per heavy atom. The number of hydrogen-bond donors (Lipinski definition) is 3. The second-order valence-corrected chi connectivity index (χ2v) is 16.9. The van der Waals surface area contributed by atoms with E-state index in [0.29, 0.717) is 24.9 Å². The fraction of sp³-hybridized carbons (Fsp3) is 0.654. The van der Waals surface area contributed by atoms with Crippen LogP contribution in [0.15, 0.2) is 29.6 Å². The molecule has 0 aliphatic carbocycles. The fourth-order valence-corrected chi connectivity index (χ4v) is 7.02. The summed E-state index contributed by atoms with van der Waals surface area (Å²) in [5, 5.41) is 21.3. The molecule has 0 radical (unpaired) electrons. The van der Waals surface area contributed by atoms with Crippen molar-refractivity contribution in [1.82, 2.24) is 10.1 Å². The van der Waals surface area contributed by atoms with Gasteiger partial charge in [0.2, 0.25) is 0 Å². The molecule has 1 aromatic rings. The van der Waals surface area contributed by atoms with Gasteiger partial charge in [-0.3, -0.25) is 14.4 Å². The average molecular weight is 571 g/mol. The van der Waals surface area contributed by atoms with Crippen LogP contribution in [0.4, 0.5) is 5.69 Å². The van der Waals surface area contributed by atoms with Gasteiger partial charge in [-0.25, -0.2) is 13.2 Å². The van der Waals surface area contributed by atoms with E-state index in [1.54, 1.807) is 12.1 Å². The number of hydroxylamine groups is 2. The molecule has 3 N–H and O–H groups in total. The van der Waals surface area contributed by atoms with Crippen molar-refractivity contribution in [1.29, 1.82) is 0 Å². The van der Waals surface area contributed by atoms with Crippen LogP contribution in [0.2, 0.25) is 0 Å². The highest BCUT2D eigenvalue weighted by atomic mass is 32.2. The summed E-state index contributed by atoms with van der Waals surface area (Å²) in [5.74, 6) is -0.201. The molecule has 2 unspecified atom stereocenters. The highest BCUT2D eigenvalue weighted by molar-refractivity contribution is 7.90. The number of hydrogen-bond acceptors (Lipinski definition) is 6. The van der Waals surface area contributed by atoms with Crippen molar-refractivity contribution in [3.63, 3.8) is 0 Å². The fourth-order valence-electron chi connectivity index (χ4n) is 4.88. The number of nitrogens with one attached hydrogen (secondary N) is 2. The Balaban J connectivity index is 1.85. The van der Waals surface area contributed by atoms with Gasteiger partial charge in [0.1, 0.15) is 34.3 Å². The molecule has 2 atom stereocenters. The Morgan fingerprint density at radius 3 is 2.37 bits per heavy atom. The Morgan fingerprint density at radius 2 is 1.79 bits per heavy atom. The Labute approximate surface area is 227 Å². The Bertz CT molecular complexity index is 1270. The van der Waals surface area contributed by atoms with Crippen LogP contribution >= 0.6 is 7.52 Å². The zero-order valence-electron chi connectivity index (χ0n) is 23.6. The van der Waals surface area contributed by atoms with Gasteiger partial charge in [0, 0.05) is 18.4 Å². The third-order valence-corrected chi connectivity index (χ3v) is 9.34.